The number of halogens is 2. The summed E-state index contributed by atoms with van der Waals surface area (Å²) < 4.78 is 36.3. The minimum Gasteiger partial charge on any atom is -0.372 e. The van der Waals surface area contributed by atoms with Gasteiger partial charge >= 0.3 is 6.03 Å². The van der Waals surface area contributed by atoms with Gasteiger partial charge < -0.3 is 14.6 Å². The van der Waals surface area contributed by atoms with E-state index < -0.39 is 47.0 Å². The Labute approximate surface area is 186 Å². The zero-order valence-corrected chi connectivity index (χ0v) is 17.7. The van der Waals surface area contributed by atoms with Crippen molar-refractivity contribution in [1.82, 2.24) is 20.6 Å². The first-order chi connectivity index (χ1) is 15.7. The fourth-order valence-corrected chi connectivity index (χ4v) is 5.09. The van der Waals surface area contributed by atoms with Crippen LogP contribution in [0.3, 0.4) is 0 Å². The SMILES string of the molecule is C[C@H]1CN2c3c(cc(C#Cc4ncc[nH]4)c(F)c3F)CC3(C(=O)NC(=O)NC3=O)[C@@H]2[C@@H](C)O1. The van der Waals surface area contributed by atoms with Crippen molar-refractivity contribution < 1.29 is 27.9 Å². The van der Waals surface area contributed by atoms with Gasteiger partial charge in [-0.05, 0) is 31.4 Å². The van der Waals surface area contributed by atoms with Crippen molar-refractivity contribution in [3.8, 4) is 11.8 Å². The molecule has 1 aromatic carbocycles. The van der Waals surface area contributed by atoms with Gasteiger partial charge in [0.05, 0.1) is 29.5 Å². The van der Waals surface area contributed by atoms with Crippen molar-refractivity contribution in [3.05, 3.63) is 47.0 Å². The molecule has 33 heavy (non-hydrogen) atoms. The summed E-state index contributed by atoms with van der Waals surface area (Å²) in [6.45, 7) is 3.54. The number of nitrogens with one attached hydrogen (secondary N) is 3. The number of rotatable bonds is 0. The number of benzene rings is 1. The van der Waals surface area contributed by atoms with E-state index in [0.29, 0.717) is 0 Å². The molecule has 0 saturated carbocycles. The van der Waals surface area contributed by atoms with Gasteiger partial charge in [0.2, 0.25) is 11.8 Å². The molecule has 0 radical (unpaired) electrons. The average molecular weight is 455 g/mol. The highest BCUT2D eigenvalue weighted by atomic mass is 19.2. The number of nitrogens with zero attached hydrogens (tertiary/aromatic N) is 2. The van der Waals surface area contributed by atoms with Gasteiger partial charge in [-0.1, -0.05) is 5.92 Å². The van der Waals surface area contributed by atoms with Gasteiger partial charge in [0.25, 0.3) is 0 Å². The van der Waals surface area contributed by atoms with Gasteiger partial charge in [-0.3, -0.25) is 20.2 Å². The molecule has 2 saturated heterocycles. The van der Waals surface area contributed by atoms with Crippen molar-refractivity contribution in [2.24, 2.45) is 5.41 Å². The van der Waals surface area contributed by atoms with Crippen LogP contribution in [0.2, 0.25) is 0 Å². The number of H-pyrrole nitrogens is 1. The number of aromatic amines is 1. The standard InChI is InChI=1S/C22H19F2N5O4/c1-10-9-29-17-13(7-12(15(23)16(17)24)3-4-14-25-5-6-26-14)8-22(18(29)11(2)33-10)19(30)27-21(32)28-20(22)31/h5-7,10-11,18H,8-9H2,1-2H3,(H,25,26)(H2,27,28,30,31,32)/t10-,11+,18-/m0/s1. The van der Waals surface area contributed by atoms with E-state index in [1.165, 1.54) is 17.2 Å². The number of barbiturate groups is 1. The maximum atomic E-state index is 15.4. The predicted molar refractivity (Wildman–Crippen MR) is 110 cm³/mol. The molecule has 0 unspecified atom stereocenters. The third-order valence-corrected chi connectivity index (χ3v) is 6.28. The molecule has 3 N–H and O–H groups in total. The fraction of sp³-hybridized carbons (Fsp3) is 0.364. The first-order valence-corrected chi connectivity index (χ1v) is 10.3. The number of amides is 4. The van der Waals surface area contributed by atoms with Gasteiger partial charge in [0, 0.05) is 25.4 Å². The van der Waals surface area contributed by atoms with Crippen molar-refractivity contribution >= 4 is 23.5 Å². The molecule has 11 heteroatoms. The molecule has 0 bridgehead atoms. The average Bonchev–Trinajstić information content (AvgIpc) is 3.26. The number of morpholine rings is 1. The number of imidazole rings is 1. The van der Waals surface area contributed by atoms with Crippen molar-refractivity contribution in [2.75, 3.05) is 11.4 Å². The lowest BCUT2D eigenvalue weighted by molar-refractivity contribution is -0.153. The maximum absolute atomic E-state index is 15.4. The molecule has 1 aromatic heterocycles. The monoisotopic (exact) mass is 455 g/mol. The Kier molecular flexibility index (Phi) is 4.72. The van der Waals surface area contributed by atoms with E-state index in [1.54, 1.807) is 20.0 Å². The van der Waals surface area contributed by atoms with Crippen molar-refractivity contribution in [1.29, 1.82) is 0 Å². The highest BCUT2D eigenvalue weighted by Crippen LogP contribution is 2.48. The summed E-state index contributed by atoms with van der Waals surface area (Å²) in [5.41, 5.74) is -1.82. The highest BCUT2D eigenvalue weighted by Gasteiger charge is 2.63. The molecule has 3 aliphatic heterocycles. The van der Waals surface area contributed by atoms with E-state index in [-0.39, 0.29) is 41.7 Å². The Morgan fingerprint density at radius 3 is 2.55 bits per heavy atom. The zero-order chi connectivity index (χ0) is 23.5. The summed E-state index contributed by atoms with van der Waals surface area (Å²) in [6, 6.07) is -0.548. The molecule has 170 valence electrons. The number of urea groups is 1. The van der Waals surface area contributed by atoms with Gasteiger partial charge in [0.1, 0.15) is 0 Å². The molecule has 9 nitrogen and oxygen atoms in total. The molecule has 3 atom stereocenters. The molecular formula is C22H19F2N5O4. The number of ether oxygens (including phenoxy) is 1. The lowest BCUT2D eigenvalue weighted by atomic mass is 9.66. The highest BCUT2D eigenvalue weighted by molar-refractivity contribution is 6.20. The number of fused-ring (bicyclic) bond motifs is 4. The molecule has 0 aliphatic carbocycles. The first kappa shape index (κ1) is 21.1. The normalized spacial score (nSPS) is 25.5. The van der Waals surface area contributed by atoms with E-state index in [4.69, 9.17) is 4.74 Å². The number of hydrogen-bond donors (Lipinski definition) is 3. The Hall–Kier alpha value is -3.78. The Balaban J connectivity index is 1.70. The summed E-state index contributed by atoms with van der Waals surface area (Å²) >= 11 is 0. The van der Waals surface area contributed by atoms with Gasteiger partial charge in [-0.15, -0.1) is 0 Å². The topological polar surface area (TPSA) is 116 Å². The van der Waals surface area contributed by atoms with Gasteiger partial charge in [-0.2, -0.15) is 0 Å². The summed E-state index contributed by atoms with van der Waals surface area (Å²) in [4.78, 5) is 46.2. The molecule has 5 rings (SSSR count). The molecule has 2 fully saturated rings. The molecule has 4 amide bonds. The molecule has 3 aliphatic rings. The van der Waals surface area contributed by atoms with Crippen LogP contribution in [-0.4, -0.2) is 52.6 Å². The number of aromatic nitrogens is 2. The Morgan fingerprint density at radius 1 is 1.15 bits per heavy atom. The van der Waals surface area contributed by atoms with Crippen LogP contribution in [0.1, 0.15) is 30.8 Å². The lowest BCUT2D eigenvalue weighted by Crippen LogP contribution is -2.75. The van der Waals surface area contributed by atoms with Crippen LogP contribution in [0.5, 0.6) is 0 Å². The first-order valence-electron chi connectivity index (χ1n) is 10.3. The van der Waals surface area contributed by atoms with Crippen LogP contribution in [0.25, 0.3) is 0 Å². The van der Waals surface area contributed by atoms with Crippen molar-refractivity contribution in [3.63, 3.8) is 0 Å². The largest absolute Gasteiger partial charge is 0.372 e. The van der Waals surface area contributed by atoms with E-state index in [1.807, 2.05) is 0 Å². The van der Waals surface area contributed by atoms with Crippen LogP contribution in [0.15, 0.2) is 18.5 Å². The minimum absolute atomic E-state index is 0.0360. The number of anilines is 1. The van der Waals surface area contributed by atoms with Crippen LogP contribution < -0.4 is 15.5 Å². The summed E-state index contributed by atoms with van der Waals surface area (Å²) in [5, 5.41) is 4.30. The third kappa shape index (κ3) is 3.09. The Bertz CT molecular complexity index is 1230. The van der Waals surface area contributed by atoms with Gasteiger partial charge in [-0.25, -0.2) is 18.6 Å². The third-order valence-electron chi connectivity index (χ3n) is 6.28. The second-order valence-electron chi connectivity index (χ2n) is 8.38. The number of carbonyl (C=O) groups excluding carboxylic acids is 3. The molecule has 2 aromatic rings. The fourth-order valence-electron chi connectivity index (χ4n) is 5.09. The number of carbonyl (C=O) groups is 3. The molecular weight excluding hydrogens is 436 g/mol. The second-order valence-corrected chi connectivity index (χ2v) is 8.38. The summed E-state index contributed by atoms with van der Waals surface area (Å²) in [5.74, 6) is 1.57. The van der Waals surface area contributed by atoms with Crippen LogP contribution >= 0.6 is 0 Å². The van der Waals surface area contributed by atoms with E-state index in [2.05, 4.69) is 32.4 Å². The van der Waals surface area contributed by atoms with Crippen molar-refractivity contribution in [2.45, 2.75) is 38.5 Å². The summed E-state index contributed by atoms with van der Waals surface area (Å²) in [7, 11) is 0. The second kappa shape index (κ2) is 7.38. The zero-order valence-electron chi connectivity index (χ0n) is 17.7. The smallest absolute Gasteiger partial charge is 0.328 e. The van der Waals surface area contributed by atoms with Crippen LogP contribution in [0.4, 0.5) is 19.3 Å². The number of hydrogen-bond acceptors (Lipinski definition) is 6. The molecule has 1 spiro atoms. The molecule has 4 heterocycles. The van der Waals surface area contributed by atoms with Crippen LogP contribution in [-0.2, 0) is 20.7 Å². The van der Waals surface area contributed by atoms with Crippen LogP contribution in [0, 0.1) is 28.9 Å². The van der Waals surface area contributed by atoms with Gasteiger partial charge in [0.15, 0.2) is 22.9 Å². The maximum Gasteiger partial charge on any atom is 0.328 e. The number of imide groups is 2. The minimum atomic E-state index is -1.78. The van der Waals surface area contributed by atoms with E-state index >= 15 is 8.78 Å². The predicted octanol–water partition coefficient (Wildman–Crippen LogP) is 0.978. The lowest BCUT2D eigenvalue weighted by Gasteiger charge is -2.55. The Morgan fingerprint density at radius 2 is 1.88 bits per heavy atom. The quantitative estimate of drug-likeness (QED) is 0.403. The van der Waals surface area contributed by atoms with E-state index in [0.717, 1.165) is 0 Å². The van der Waals surface area contributed by atoms with E-state index in [9.17, 15) is 14.4 Å². The summed E-state index contributed by atoms with van der Waals surface area (Å²) in [6.07, 6.45) is 1.69.